The van der Waals surface area contributed by atoms with E-state index in [4.69, 9.17) is 4.74 Å². The van der Waals surface area contributed by atoms with E-state index in [-0.39, 0.29) is 0 Å². The number of hydrogen-bond acceptors (Lipinski definition) is 2. The van der Waals surface area contributed by atoms with Gasteiger partial charge in [-0.2, -0.15) is 5.10 Å². The quantitative estimate of drug-likeness (QED) is 0.799. The lowest BCUT2D eigenvalue weighted by Gasteiger charge is -2.05. The van der Waals surface area contributed by atoms with Crippen molar-refractivity contribution in [2.24, 2.45) is 0 Å². The first-order chi connectivity index (χ1) is 6.29. The molecule has 0 aliphatic heterocycles. The van der Waals surface area contributed by atoms with Gasteiger partial charge in [-0.15, -0.1) is 0 Å². The van der Waals surface area contributed by atoms with Crippen LogP contribution in [-0.2, 0) is 17.9 Å². The Balaban J connectivity index is 2.68. The average molecular weight is 247 g/mol. The van der Waals surface area contributed by atoms with Crippen LogP contribution in [0.5, 0.6) is 0 Å². The Morgan fingerprint density at radius 3 is 3.00 bits per heavy atom. The molecule has 0 amide bonds. The molecule has 1 aromatic heterocycles. The third-order valence-electron chi connectivity index (χ3n) is 1.90. The molecular weight excluding hydrogens is 232 g/mol. The molecule has 3 nitrogen and oxygen atoms in total. The molecule has 0 aliphatic rings. The Hall–Kier alpha value is -0.350. The molecule has 13 heavy (non-hydrogen) atoms. The highest BCUT2D eigenvalue weighted by atomic mass is 79.9. The van der Waals surface area contributed by atoms with Gasteiger partial charge in [-0.1, -0.05) is 13.3 Å². The summed E-state index contributed by atoms with van der Waals surface area (Å²) in [6.07, 6.45) is 4.17. The number of hydrogen-bond donors (Lipinski definition) is 0. The predicted molar refractivity (Wildman–Crippen MR) is 55.5 cm³/mol. The van der Waals surface area contributed by atoms with Crippen LogP contribution in [0, 0.1) is 0 Å². The maximum atomic E-state index is 5.10. The number of unbranched alkanes of at least 4 members (excludes halogenated alkanes) is 1. The lowest BCUT2D eigenvalue weighted by Crippen LogP contribution is -2.05. The second kappa shape index (κ2) is 5.40. The highest BCUT2D eigenvalue weighted by molar-refractivity contribution is 9.10. The van der Waals surface area contributed by atoms with E-state index in [1.807, 2.05) is 10.9 Å². The average Bonchev–Trinajstić information content (AvgIpc) is 2.46. The van der Waals surface area contributed by atoms with E-state index in [1.54, 1.807) is 7.11 Å². The number of halogens is 1. The molecule has 0 saturated heterocycles. The first-order valence-corrected chi connectivity index (χ1v) is 5.28. The number of aryl methyl sites for hydroxylation is 1. The minimum absolute atomic E-state index is 0.615. The van der Waals surface area contributed by atoms with Crippen LogP contribution in [0.15, 0.2) is 10.7 Å². The van der Waals surface area contributed by atoms with Gasteiger partial charge in [-0.3, -0.25) is 4.68 Å². The summed E-state index contributed by atoms with van der Waals surface area (Å²) in [5.41, 5.74) is 1.12. The van der Waals surface area contributed by atoms with Gasteiger partial charge < -0.3 is 4.74 Å². The normalized spacial score (nSPS) is 10.7. The Kier molecular flexibility index (Phi) is 4.45. The van der Waals surface area contributed by atoms with Crippen molar-refractivity contribution in [3.63, 3.8) is 0 Å². The molecule has 0 unspecified atom stereocenters. The smallest absolute Gasteiger partial charge is 0.0892 e. The summed E-state index contributed by atoms with van der Waals surface area (Å²) < 4.78 is 8.13. The van der Waals surface area contributed by atoms with Crippen LogP contribution in [0.4, 0.5) is 0 Å². The first-order valence-electron chi connectivity index (χ1n) is 4.48. The second-order valence-electron chi connectivity index (χ2n) is 2.95. The first kappa shape index (κ1) is 10.7. The molecule has 0 fully saturated rings. The molecule has 0 saturated carbocycles. The van der Waals surface area contributed by atoms with Crippen molar-refractivity contribution in [2.45, 2.75) is 32.9 Å². The number of rotatable bonds is 5. The van der Waals surface area contributed by atoms with Crippen LogP contribution in [0.25, 0.3) is 0 Å². The van der Waals surface area contributed by atoms with Gasteiger partial charge in [0.1, 0.15) is 0 Å². The third-order valence-corrected chi connectivity index (χ3v) is 2.56. The largest absolute Gasteiger partial charge is 0.378 e. The Morgan fingerprint density at radius 1 is 1.62 bits per heavy atom. The summed E-state index contributed by atoms with van der Waals surface area (Å²) in [5, 5.41) is 4.26. The molecule has 0 aromatic carbocycles. The van der Waals surface area contributed by atoms with Gasteiger partial charge in [-0.05, 0) is 22.4 Å². The molecule has 74 valence electrons. The number of methoxy groups -OCH3 is 1. The molecular formula is C9H15BrN2O. The molecule has 0 radical (unpaired) electrons. The second-order valence-corrected chi connectivity index (χ2v) is 3.80. The maximum Gasteiger partial charge on any atom is 0.0892 e. The zero-order chi connectivity index (χ0) is 9.68. The van der Waals surface area contributed by atoms with Crippen molar-refractivity contribution in [1.29, 1.82) is 0 Å². The van der Waals surface area contributed by atoms with E-state index in [9.17, 15) is 0 Å². The highest BCUT2D eigenvalue weighted by Gasteiger charge is 2.06. The van der Waals surface area contributed by atoms with Gasteiger partial charge in [0.25, 0.3) is 0 Å². The Bertz CT molecular complexity index is 260. The van der Waals surface area contributed by atoms with Crippen molar-refractivity contribution in [3.8, 4) is 0 Å². The number of nitrogens with zero attached hydrogens (tertiary/aromatic N) is 2. The van der Waals surface area contributed by atoms with Crippen LogP contribution in [0.2, 0.25) is 0 Å². The van der Waals surface area contributed by atoms with E-state index in [2.05, 4.69) is 28.0 Å². The molecule has 1 heterocycles. The predicted octanol–water partition coefficient (Wildman–Crippen LogP) is 2.59. The Labute approximate surface area is 87.2 Å². The minimum Gasteiger partial charge on any atom is -0.378 e. The number of ether oxygens (including phenoxy) is 1. The highest BCUT2D eigenvalue weighted by Crippen LogP contribution is 2.17. The van der Waals surface area contributed by atoms with Gasteiger partial charge in [0.05, 0.1) is 23.0 Å². The molecule has 0 N–H and O–H groups in total. The summed E-state index contributed by atoms with van der Waals surface area (Å²) >= 11 is 3.45. The van der Waals surface area contributed by atoms with Crippen LogP contribution in [-0.4, -0.2) is 16.9 Å². The maximum absolute atomic E-state index is 5.10. The molecule has 1 rings (SSSR count). The molecule has 1 aromatic rings. The van der Waals surface area contributed by atoms with Gasteiger partial charge in [0.15, 0.2) is 0 Å². The standard InChI is InChI=1S/C9H15BrN2O/c1-3-4-5-12-9(7-13-2)8(10)6-11-12/h6H,3-5,7H2,1-2H3. The topological polar surface area (TPSA) is 27.1 Å². The van der Waals surface area contributed by atoms with E-state index in [0.717, 1.165) is 23.1 Å². The van der Waals surface area contributed by atoms with Crippen molar-refractivity contribution in [2.75, 3.05) is 7.11 Å². The number of aromatic nitrogens is 2. The van der Waals surface area contributed by atoms with Crippen molar-refractivity contribution in [1.82, 2.24) is 9.78 Å². The van der Waals surface area contributed by atoms with Crippen LogP contribution >= 0.6 is 15.9 Å². The van der Waals surface area contributed by atoms with E-state index in [0.29, 0.717) is 6.61 Å². The summed E-state index contributed by atoms with van der Waals surface area (Å²) in [6, 6.07) is 0. The summed E-state index contributed by atoms with van der Waals surface area (Å²) in [5.74, 6) is 0. The zero-order valence-corrected chi connectivity index (χ0v) is 9.67. The van der Waals surface area contributed by atoms with Crippen molar-refractivity contribution < 1.29 is 4.74 Å². The molecule has 0 spiro atoms. The van der Waals surface area contributed by atoms with Gasteiger partial charge in [0, 0.05) is 13.7 Å². The summed E-state index contributed by atoms with van der Waals surface area (Å²) in [6.45, 7) is 3.76. The van der Waals surface area contributed by atoms with Crippen molar-refractivity contribution in [3.05, 3.63) is 16.4 Å². The van der Waals surface area contributed by atoms with Crippen molar-refractivity contribution >= 4 is 15.9 Å². The summed E-state index contributed by atoms with van der Waals surface area (Å²) in [4.78, 5) is 0. The van der Waals surface area contributed by atoms with Gasteiger partial charge >= 0.3 is 0 Å². The van der Waals surface area contributed by atoms with Crippen LogP contribution in [0.3, 0.4) is 0 Å². The zero-order valence-electron chi connectivity index (χ0n) is 8.09. The van der Waals surface area contributed by atoms with E-state index in [1.165, 1.54) is 6.42 Å². The van der Waals surface area contributed by atoms with Gasteiger partial charge in [-0.25, -0.2) is 0 Å². The fourth-order valence-corrected chi connectivity index (χ4v) is 1.58. The van der Waals surface area contributed by atoms with E-state index < -0.39 is 0 Å². The lowest BCUT2D eigenvalue weighted by molar-refractivity contribution is 0.175. The fraction of sp³-hybridized carbons (Fsp3) is 0.667. The van der Waals surface area contributed by atoms with Gasteiger partial charge in [0.2, 0.25) is 0 Å². The monoisotopic (exact) mass is 246 g/mol. The molecule has 0 aliphatic carbocycles. The lowest BCUT2D eigenvalue weighted by atomic mass is 10.3. The SMILES string of the molecule is CCCCn1ncc(Br)c1COC. The van der Waals surface area contributed by atoms with E-state index >= 15 is 0 Å². The van der Waals surface area contributed by atoms with Crippen LogP contribution in [0.1, 0.15) is 25.5 Å². The minimum atomic E-state index is 0.615. The third kappa shape index (κ3) is 2.81. The van der Waals surface area contributed by atoms with Crippen LogP contribution < -0.4 is 0 Å². The fourth-order valence-electron chi connectivity index (χ4n) is 1.17. The Morgan fingerprint density at radius 2 is 2.38 bits per heavy atom. The molecule has 0 bridgehead atoms. The molecule has 4 heteroatoms. The summed E-state index contributed by atoms with van der Waals surface area (Å²) in [7, 11) is 1.70. The molecule has 0 atom stereocenters.